The maximum Gasteiger partial charge on any atom is 0.405 e. The summed E-state index contributed by atoms with van der Waals surface area (Å²) in [5.41, 5.74) is 0. The fraction of sp³-hybridized carbons (Fsp3) is 0.571. The number of hydrogen-bond acceptors (Lipinski definition) is 4. The molecule has 0 aromatic carbocycles. The molecule has 0 aliphatic heterocycles. The van der Waals surface area contributed by atoms with Gasteiger partial charge in [-0.15, -0.1) is 0 Å². The number of thiazole rings is 1. The lowest BCUT2D eigenvalue weighted by Crippen LogP contribution is -2.30. The molecule has 0 radical (unpaired) electrons. The van der Waals surface area contributed by atoms with Crippen molar-refractivity contribution >= 4 is 16.5 Å². The van der Waals surface area contributed by atoms with Gasteiger partial charge in [-0.05, 0) is 0 Å². The van der Waals surface area contributed by atoms with Gasteiger partial charge in [0.1, 0.15) is 6.54 Å². The summed E-state index contributed by atoms with van der Waals surface area (Å²) >= 11 is 1.05. The lowest BCUT2D eigenvalue weighted by molar-refractivity contribution is -0.119. The van der Waals surface area contributed by atoms with E-state index in [9.17, 15) is 13.2 Å². The molecule has 1 N–H and O–H groups in total. The molecule has 1 rings (SSSR count). The summed E-state index contributed by atoms with van der Waals surface area (Å²) in [6.45, 7) is -1.23. The molecule has 14 heavy (non-hydrogen) atoms. The molecule has 0 aliphatic rings. The minimum absolute atomic E-state index is 0.197. The average Bonchev–Trinajstić information content (AvgIpc) is 2.48. The molecule has 0 fully saturated rings. The number of aromatic nitrogens is 1. The molecule has 1 aromatic heterocycles. The number of hydrogen-bond donors (Lipinski definition) is 1. The van der Waals surface area contributed by atoms with E-state index in [0.29, 0.717) is 4.88 Å². The quantitative estimate of drug-likeness (QED) is 0.851. The fourth-order valence-electron chi connectivity index (χ4n) is 0.883. The van der Waals surface area contributed by atoms with E-state index in [2.05, 4.69) is 4.98 Å². The molecule has 0 unspecified atom stereocenters. The molecule has 0 aliphatic carbocycles. The lowest BCUT2D eigenvalue weighted by Gasteiger charge is -2.17. The van der Waals surface area contributed by atoms with E-state index in [1.807, 2.05) is 0 Å². The van der Waals surface area contributed by atoms with Crippen molar-refractivity contribution in [2.24, 2.45) is 0 Å². The Morgan fingerprint density at radius 3 is 2.64 bits per heavy atom. The van der Waals surface area contributed by atoms with Crippen molar-refractivity contribution in [1.82, 2.24) is 4.98 Å². The van der Waals surface area contributed by atoms with Crippen molar-refractivity contribution in [1.29, 1.82) is 0 Å². The molecule has 0 bridgehead atoms. The zero-order chi connectivity index (χ0) is 10.8. The van der Waals surface area contributed by atoms with E-state index in [4.69, 9.17) is 5.11 Å². The largest absolute Gasteiger partial charge is 0.405 e. The summed E-state index contributed by atoms with van der Waals surface area (Å²) in [7, 11) is 1.31. The predicted octanol–water partition coefficient (Wildman–Crippen LogP) is 1.63. The third-order valence-electron chi connectivity index (χ3n) is 1.44. The minimum atomic E-state index is -4.24. The molecule has 0 atom stereocenters. The number of rotatable bonds is 3. The van der Waals surface area contributed by atoms with Gasteiger partial charge < -0.3 is 10.0 Å². The molecule has 1 aromatic rings. The monoisotopic (exact) mass is 226 g/mol. The second-order valence-corrected chi connectivity index (χ2v) is 3.83. The van der Waals surface area contributed by atoms with Crippen LogP contribution in [-0.2, 0) is 6.61 Å². The molecule has 0 saturated carbocycles. The number of halogens is 3. The van der Waals surface area contributed by atoms with E-state index >= 15 is 0 Å². The van der Waals surface area contributed by atoms with Gasteiger partial charge in [0, 0.05) is 13.2 Å². The molecule has 7 heteroatoms. The molecule has 0 spiro atoms. The van der Waals surface area contributed by atoms with Crippen LogP contribution in [0.1, 0.15) is 4.88 Å². The Labute approximate surface area is 82.8 Å². The highest BCUT2D eigenvalue weighted by Gasteiger charge is 2.30. The van der Waals surface area contributed by atoms with Gasteiger partial charge in [0.05, 0.1) is 11.5 Å². The van der Waals surface area contributed by atoms with E-state index < -0.39 is 12.7 Å². The van der Waals surface area contributed by atoms with Crippen LogP contribution in [0.25, 0.3) is 0 Å². The van der Waals surface area contributed by atoms with Gasteiger partial charge in [-0.1, -0.05) is 11.3 Å². The van der Waals surface area contributed by atoms with Crippen molar-refractivity contribution < 1.29 is 18.3 Å². The Hall–Kier alpha value is -0.820. The fourth-order valence-corrected chi connectivity index (χ4v) is 1.61. The molecule has 3 nitrogen and oxygen atoms in total. The molecule has 80 valence electrons. The Morgan fingerprint density at radius 1 is 1.57 bits per heavy atom. The summed E-state index contributed by atoms with van der Waals surface area (Å²) in [6.07, 6.45) is -2.87. The molecule has 0 amide bonds. The highest BCUT2D eigenvalue weighted by Crippen LogP contribution is 2.24. The first kappa shape index (κ1) is 11.3. The van der Waals surface area contributed by atoms with Gasteiger partial charge >= 0.3 is 6.18 Å². The summed E-state index contributed by atoms with van der Waals surface area (Å²) < 4.78 is 35.9. The summed E-state index contributed by atoms with van der Waals surface area (Å²) in [6, 6.07) is 0. The Balaban J connectivity index is 2.65. The van der Waals surface area contributed by atoms with E-state index in [1.54, 1.807) is 0 Å². The van der Waals surface area contributed by atoms with Crippen molar-refractivity contribution in [3.63, 3.8) is 0 Å². The Morgan fingerprint density at radius 2 is 2.21 bits per heavy atom. The summed E-state index contributed by atoms with van der Waals surface area (Å²) in [4.78, 5) is 5.31. The predicted molar refractivity (Wildman–Crippen MR) is 47.4 cm³/mol. The van der Waals surface area contributed by atoms with Crippen LogP contribution in [0.5, 0.6) is 0 Å². The van der Waals surface area contributed by atoms with Crippen LogP contribution in [0.4, 0.5) is 18.3 Å². The number of aliphatic hydroxyl groups is 1. The van der Waals surface area contributed by atoms with Gasteiger partial charge in [0.2, 0.25) is 0 Å². The summed E-state index contributed by atoms with van der Waals surface area (Å²) in [5, 5.41) is 8.95. The smallest absolute Gasteiger partial charge is 0.391 e. The standard InChI is InChI=1S/C7H9F3N2OS/c1-12(4-7(8,9)10)6-11-2-5(3-13)14-6/h2,13H,3-4H2,1H3. The first-order valence-corrected chi connectivity index (χ1v) is 4.57. The SMILES string of the molecule is CN(CC(F)(F)F)c1ncc(CO)s1. The molecule has 0 saturated heterocycles. The first-order valence-electron chi connectivity index (χ1n) is 3.76. The topological polar surface area (TPSA) is 36.4 Å². The van der Waals surface area contributed by atoms with Crippen LogP contribution in [0, 0.1) is 0 Å². The van der Waals surface area contributed by atoms with E-state index in [-0.39, 0.29) is 11.7 Å². The van der Waals surface area contributed by atoms with Crippen molar-refractivity contribution in [2.75, 3.05) is 18.5 Å². The summed E-state index contributed by atoms with van der Waals surface area (Å²) in [5.74, 6) is 0. The first-order chi connectivity index (χ1) is 6.42. The lowest BCUT2D eigenvalue weighted by atomic mass is 10.6. The second kappa shape index (κ2) is 4.14. The van der Waals surface area contributed by atoms with Crippen LogP contribution in [0.2, 0.25) is 0 Å². The third-order valence-corrected chi connectivity index (χ3v) is 2.54. The van der Waals surface area contributed by atoms with E-state index in [0.717, 1.165) is 16.2 Å². The number of anilines is 1. The zero-order valence-corrected chi connectivity index (χ0v) is 8.19. The Bertz CT molecular complexity index is 299. The number of alkyl halides is 3. The molecular weight excluding hydrogens is 217 g/mol. The van der Waals surface area contributed by atoms with Crippen molar-refractivity contribution in [3.05, 3.63) is 11.1 Å². The average molecular weight is 226 g/mol. The zero-order valence-electron chi connectivity index (χ0n) is 7.38. The van der Waals surface area contributed by atoms with E-state index in [1.165, 1.54) is 13.2 Å². The normalized spacial score (nSPS) is 11.8. The van der Waals surface area contributed by atoms with Gasteiger partial charge in [-0.2, -0.15) is 13.2 Å². The molecule has 1 heterocycles. The minimum Gasteiger partial charge on any atom is -0.391 e. The number of nitrogens with zero attached hydrogens (tertiary/aromatic N) is 2. The maximum absolute atomic E-state index is 12.0. The van der Waals surface area contributed by atoms with Gasteiger partial charge in [-0.3, -0.25) is 0 Å². The van der Waals surface area contributed by atoms with Gasteiger partial charge in [0.15, 0.2) is 5.13 Å². The van der Waals surface area contributed by atoms with Crippen LogP contribution < -0.4 is 4.90 Å². The number of aliphatic hydroxyl groups excluding tert-OH is 1. The van der Waals surface area contributed by atoms with Crippen LogP contribution in [0.3, 0.4) is 0 Å². The molecular formula is C7H9F3N2OS. The van der Waals surface area contributed by atoms with Crippen LogP contribution >= 0.6 is 11.3 Å². The van der Waals surface area contributed by atoms with Crippen molar-refractivity contribution in [2.45, 2.75) is 12.8 Å². The van der Waals surface area contributed by atoms with Gasteiger partial charge in [0.25, 0.3) is 0 Å². The highest BCUT2D eigenvalue weighted by molar-refractivity contribution is 7.15. The maximum atomic E-state index is 12.0. The highest BCUT2D eigenvalue weighted by atomic mass is 32.1. The second-order valence-electron chi connectivity index (χ2n) is 2.74. The van der Waals surface area contributed by atoms with Crippen LogP contribution in [-0.4, -0.2) is 29.9 Å². The Kier molecular flexibility index (Phi) is 3.33. The van der Waals surface area contributed by atoms with Crippen LogP contribution in [0.15, 0.2) is 6.20 Å². The third kappa shape index (κ3) is 3.15. The van der Waals surface area contributed by atoms with Gasteiger partial charge in [-0.25, -0.2) is 4.98 Å². The van der Waals surface area contributed by atoms with Crippen molar-refractivity contribution in [3.8, 4) is 0 Å².